The highest BCUT2D eigenvalue weighted by Crippen LogP contribution is 2.22. The number of nitrogens with one attached hydrogen (secondary N) is 1. The number of hydrogen-bond donors (Lipinski definition) is 1. The first-order valence-electron chi connectivity index (χ1n) is 6.75. The maximum atomic E-state index is 12.7. The quantitative estimate of drug-likeness (QED) is 0.778. The summed E-state index contributed by atoms with van der Waals surface area (Å²) < 4.78 is 2.63. The van der Waals surface area contributed by atoms with Crippen LogP contribution in [-0.2, 0) is 6.42 Å². The lowest BCUT2D eigenvalue weighted by atomic mass is 10.0. The molecular formula is C15H16BrN3O. The Balaban J connectivity index is 2.50. The van der Waals surface area contributed by atoms with E-state index in [1.807, 2.05) is 25.1 Å². The number of aromatic nitrogens is 3. The summed E-state index contributed by atoms with van der Waals surface area (Å²) in [6.45, 7) is 6.18. The number of benzene rings is 1. The molecule has 5 heteroatoms. The van der Waals surface area contributed by atoms with Crippen LogP contribution in [0.4, 0.5) is 0 Å². The summed E-state index contributed by atoms with van der Waals surface area (Å²) in [5.41, 5.74) is 3.52. The van der Waals surface area contributed by atoms with E-state index >= 15 is 0 Å². The molecule has 0 bridgehead atoms. The predicted molar refractivity (Wildman–Crippen MR) is 84.5 cm³/mol. The van der Waals surface area contributed by atoms with Gasteiger partial charge in [0.25, 0.3) is 5.56 Å². The Hall–Kier alpha value is -1.62. The van der Waals surface area contributed by atoms with E-state index < -0.39 is 0 Å². The minimum atomic E-state index is 0.0368. The molecule has 2 heterocycles. The number of halogens is 1. The number of imidazole rings is 1. The van der Waals surface area contributed by atoms with Crippen molar-refractivity contribution >= 4 is 32.7 Å². The normalized spacial score (nSPS) is 11.8. The lowest BCUT2D eigenvalue weighted by molar-refractivity contribution is 0.783. The smallest absolute Gasteiger partial charge is 0.262 e. The van der Waals surface area contributed by atoms with Crippen molar-refractivity contribution in [1.29, 1.82) is 0 Å². The fraction of sp³-hybridized carbons (Fsp3) is 0.333. The average Bonchev–Trinajstić information content (AvgIpc) is 2.75. The van der Waals surface area contributed by atoms with Gasteiger partial charge in [0.15, 0.2) is 0 Å². The lowest BCUT2D eigenvalue weighted by Crippen LogP contribution is -2.22. The van der Waals surface area contributed by atoms with Crippen molar-refractivity contribution in [3.05, 3.63) is 44.3 Å². The average molecular weight is 334 g/mol. The lowest BCUT2D eigenvalue weighted by Gasteiger charge is -2.11. The highest BCUT2D eigenvalue weighted by molar-refractivity contribution is 9.10. The highest BCUT2D eigenvalue weighted by Gasteiger charge is 2.16. The fourth-order valence-electron chi connectivity index (χ4n) is 2.62. The van der Waals surface area contributed by atoms with E-state index in [-0.39, 0.29) is 11.5 Å². The van der Waals surface area contributed by atoms with Crippen LogP contribution in [0.5, 0.6) is 0 Å². The number of aromatic amines is 1. The molecule has 0 fully saturated rings. The van der Waals surface area contributed by atoms with E-state index in [9.17, 15) is 4.79 Å². The van der Waals surface area contributed by atoms with Gasteiger partial charge in [-0.2, -0.15) is 0 Å². The van der Waals surface area contributed by atoms with Gasteiger partial charge in [0.2, 0.25) is 5.78 Å². The molecule has 0 unspecified atom stereocenters. The van der Waals surface area contributed by atoms with Crippen molar-refractivity contribution < 1.29 is 0 Å². The van der Waals surface area contributed by atoms with Crippen LogP contribution in [0.3, 0.4) is 0 Å². The molecular weight excluding hydrogens is 318 g/mol. The zero-order valence-corrected chi connectivity index (χ0v) is 13.3. The summed E-state index contributed by atoms with van der Waals surface area (Å²) >= 11 is 3.44. The highest BCUT2D eigenvalue weighted by atomic mass is 79.9. The largest absolute Gasteiger partial charge is 0.328 e. The first kappa shape index (κ1) is 13.4. The van der Waals surface area contributed by atoms with Gasteiger partial charge in [-0.1, -0.05) is 36.7 Å². The Morgan fingerprint density at radius 2 is 2.15 bits per heavy atom. The van der Waals surface area contributed by atoms with Gasteiger partial charge in [-0.15, -0.1) is 0 Å². The Morgan fingerprint density at radius 3 is 2.80 bits per heavy atom. The predicted octanol–water partition coefficient (Wildman–Crippen LogP) is 3.62. The van der Waals surface area contributed by atoms with Crippen molar-refractivity contribution in [3.63, 3.8) is 0 Å². The third-order valence-electron chi connectivity index (χ3n) is 3.58. The van der Waals surface area contributed by atoms with E-state index in [0.717, 1.165) is 33.2 Å². The molecule has 0 aliphatic rings. The number of H-pyrrole nitrogens is 1. The second-order valence-corrected chi connectivity index (χ2v) is 6.15. The summed E-state index contributed by atoms with van der Waals surface area (Å²) in [5.74, 6) is 0.887. The van der Waals surface area contributed by atoms with Crippen LogP contribution < -0.4 is 5.56 Å². The van der Waals surface area contributed by atoms with Crippen LogP contribution in [0, 0.1) is 0 Å². The molecule has 4 nitrogen and oxygen atoms in total. The maximum Gasteiger partial charge on any atom is 0.262 e. The van der Waals surface area contributed by atoms with Gasteiger partial charge in [0.1, 0.15) is 0 Å². The molecule has 1 aromatic carbocycles. The molecule has 0 spiro atoms. The van der Waals surface area contributed by atoms with Gasteiger partial charge < -0.3 is 4.98 Å². The van der Waals surface area contributed by atoms with Crippen molar-refractivity contribution in [2.45, 2.75) is 33.1 Å². The van der Waals surface area contributed by atoms with Gasteiger partial charge in [-0.25, -0.2) is 9.38 Å². The zero-order valence-electron chi connectivity index (χ0n) is 11.7. The third kappa shape index (κ3) is 1.88. The Bertz CT molecular complexity index is 861. The molecule has 0 amide bonds. The van der Waals surface area contributed by atoms with Crippen LogP contribution in [0.2, 0.25) is 0 Å². The molecule has 20 heavy (non-hydrogen) atoms. The molecule has 3 aromatic rings. The molecule has 0 aliphatic carbocycles. The Morgan fingerprint density at radius 1 is 1.40 bits per heavy atom. The summed E-state index contributed by atoms with van der Waals surface area (Å²) in [5, 5.41) is 0. The van der Waals surface area contributed by atoms with Crippen LogP contribution in [0.15, 0.2) is 27.5 Å². The second kappa shape index (κ2) is 4.74. The van der Waals surface area contributed by atoms with Gasteiger partial charge in [-0.3, -0.25) is 4.79 Å². The van der Waals surface area contributed by atoms with Crippen molar-refractivity contribution in [2.24, 2.45) is 0 Å². The summed E-state index contributed by atoms with van der Waals surface area (Å²) in [4.78, 5) is 20.6. The number of hydrogen-bond acceptors (Lipinski definition) is 2. The van der Waals surface area contributed by atoms with E-state index in [1.54, 1.807) is 4.40 Å². The minimum Gasteiger partial charge on any atom is -0.328 e. The first-order chi connectivity index (χ1) is 9.52. The molecule has 0 atom stereocenters. The topological polar surface area (TPSA) is 50.2 Å². The van der Waals surface area contributed by atoms with Crippen molar-refractivity contribution in [1.82, 2.24) is 14.4 Å². The van der Waals surface area contributed by atoms with Crippen molar-refractivity contribution in [3.8, 4) is 0 Å². The molecule has 0 aliphatic heterocycles. The van der Waals surface area contributed by atoms with Gasteiger partial charge in [0.05, 0.1) is 11.0 Å². The van der Waals surface area contributed by atoms with Gasteiger partial charge in [0, 0.05) is 15.7 Å². The third-order valence-corrected chi connectivity index (χ3v) is 4.07. The van der Waals surface area contributed by atoms with Crippen LogP contribution in [0.25, 0.3) is 16.8 Å². The molecule has 3 rings (SSSR count). The SMILES string of the molecule is CCc1c(C(C)C)[nH]c2nc3cc(Br)ccc3n2c1=O. The van der Waals surface area contributed by atoms with Crippen LogP contribution in [0.1, 0.15) is 37.9 Å². The van der Waals surface area contributed by atoms with E-state index in [2.05, 4.69) is 39.7 Å². The fourth-order valence-corrected chi connectivity index (χ4v) is 2.97. The Labute approximate surface area is 125 Å². The molecule has 1 N–H and O–H groups in total. The standard InChI is InChI=1S/C15H16BrN3O/c1-4-10-13(8(2)3)18-15-17-11-7-9(16)5-6-12(11)19(15)14(10)20/h5-8H,4H2,1-3H3,(H,17,18). The molecule has 0 saturated carbocycles. The summed E-state index contributed by atoms with van der Waals surface area (Å²) in [6.07, 6.45) is 0.717. The van der Waals surface area contributed by atoms with Crippen LogP contribution >= 0.6 is 15.9 Å². The van der Waals surface area contributed by atoms with Gasteiger partial charge >= 0.3 is 0 Å². The molecule has 2 aromatic heterocycles. The zero-order chi connectivity index (χ0) is 14.4. The number of fused-ring (bicyclic) bond motifs is 3. The minimum absolute atomic E-state index is 0.0368. The van der Waals surface area contributed by atoms with Crippen molar-refractivity contribution in [2.75, 3.05) is 0 Å². The Kier molecular flexibility index (Phi) is 3.17. The van der Waals surface area contributed by atoms with Crippen LogP contribution in [-0.4, -0.2) is 14.4 Å². The monoisotopic (exact) mass is 333 g/mol. The molecule has 0 radical (unpaired) electrons. The van der Waals surface area contributed by atoms with E-state index in [0.29, 0.717) is 5.78 Å². The maximum absolute atomic E-state index is 12.7. The van der Waals surface area contributed by atoms with E-state index in [1.165, 1.54) is 0 Å². The summed E-state index contributed by atoms with van der Waals surface area (Å²) in [7, 11) is 0. The number of rotatable bonds is 2. The summed E-state index contributed by atoms with van der Waals surface area (Å²) in [6, 6.07) is 5.78. The second-order valence-electron chi connectivity index (χ2n) is 5.23. The first-order valence-corrected chi connectivity index (χ1v) is 7.55. The molecule has 104 valence electrons. The number of nitrogens with zero attached hydrogens (tertiary/aromatic N) is 2. The van der Waals surface area contributed by atoms with Gasteiger partial charge in [-0.05, 0) is 30.5 Å². The van der Waals surface area contributed by atoms with E-state index in [4.69, 9.17) is 0 Å². The molecule has 0 saturated heterocycles.